The van der Waals surface area contributed by atoms with Gasteiger partial charge < -0.3 is 0 Å². The Morgan fingerprint density at radius 3 is 1.91 bits per heavy atom. The van der Waals surface area contributed by atoms with Gasteiger partial charge in [-0.15, -0.1) is 0 Å². The second-order valence-electron chi connectivity index (χ2n) is 7.45. The van der Waals surface area contributed by atoms with Gasteiger partial charge in [0.1, 0.15) is 0 Å². The molecule has 32 heavy (non-hydrogen) atoms. The summed E-state index contributed by atoms with van der Waals surface area (Å²) in [6, 6.07) is 36.5. The van der Waals surface area contributed by atoms with E-state index in [4.69, 9.17) is 0 Å². The van der Waals surface area contributed by atoms with Gasteiger partial charge in [0.2, 0.25) is 0 Å². The summed E-state index contributed by atoms with van der Waals surface area (Å²) in [5, 5.41) is 0.937. The fourth-order valence-corrected chi connectivity index (χ4v) is 6.60. The Labute approximate surface area is 192 Å². The molecule has 1 heterocycles. The molecule has 0 saturated carbocycles. The van der Waals surface area contributed by atoms with Gasteiger partial charge in [-0.1, -0.05) is 96.7 Å². The molecule has 0 aliphatic rings. The second kappa shape index (κ2) is 8.69. The molecule has 0 fully saturated rings. The van der Waals surface area contributed by atoms with E-state index in [1.54, 1.807) is 36.0 Å². The lowest BCUT2D eigenvalue weighted by molar-refractivity contribution is 0.587. The number of hydrogen-bond donors (Lipinski definition) is 0. The van der Waals surface area contributed by atoms with Crippen molar-refractivity contribution in [2.75, 3.05) is 0 Å². The van der Waals surface area contributed by atoms with Crippen molar-refractivity contribution < 1.29 is 8.42 Å². The van der Waals surface area contributed by atoms with Crippen LogP contribution in [0.3, 0.4) is 0 Å². The van der Waals surface area contributed by atoms with Crippen molar-refractivity contribution in [3.8, 4) is 0 Å². The molecule has 4 aromatic carbocycles. The molecule has 0 unspecified atom stereocenters. The normalized spacial score (nSPS) is 11.6. The van der Waals surface area contributed by atoms with Crippen molar-refractivity contribution in [3.63, 3.8) is 0 Å². The standard InChI is InChI=1S/C27H21NO2S2/c29-32(30,23-16-8-3-9-17-23)28-25-19-11-10-18-24(25)27(31-22-14-6-2-7-15-22)26(28)20-21-12-4-1-5-13-21/h1-19H,20H2. The minimum Gasteiger partial charge on any atom is -0.236 e. The van der Waals surface area contributed by atoms with Gasteiger partial charge in [-0.25, -0.2) is 12.4 Å². The van der Waals surface area contributed by atoms with Crippen LogP contribution < -0.4 is 0 Å². The molecule has 0 radical (unpaired) electrons. The molecule has 0 bridgehead atoms. The van der Waals surface area contributed by atoms with E-state index in [2.05, 4.69) is 12.1 Å². The zero-order valence-corrected chi connectivity index (χ0v) is 18.9. The molecule has 158 valence electrons. The monoisotopic (exact) mass is 455 g/mol. The molecule has 0 aliphatic heterocycles. The molecule has 5 aromatic rings. The number of nitrogens with zero attached hydrogens (tertiary/aromatic N) is 1. The van der Waals surface area contributed by atoms with Gasteiger partial charge in [0, 0.05) is 21.6 Å². The van der Waals surface area contributed by atoms with Crippen LogP contribution in [0.1, 0.15) is 11.3 Å². The van der Waals surface area contributed by atoms with Crippen molar-refractivity contribution in [1.82, 2.24) is 3.97 Å². The summed E-state index contributed by atoms with van der Waals surface area (Å²) < 4.78 is 29.3. The summed E-state index contributed by atoms with van der Waals surface area (Å²) in [6.07, 6.45) is 0.511. The lowest BCUT2D eigenvalue weighted by atomic mass is 10.1. The van der Waals surface area contributed by atoms with Crippen molar-refractivity contribution in [2.45, 2.75) is 21.1 Å². The number of hydrogen-bond acceptors (Lipinski definition) is 3. The first-order valence-electron chi connectivity index (χ1n) is 10.3. The van der Waals surface area contributed by atoms with Gasteiger partial charge in [0.25, 0.3) is 10.0 Å². The van der Waals surface area contributed by atoms with E-state index in [-0.39, 0.29) is 4.90 Å². The van der Waals surface area contributed by atoms with Crippen molar-refractivity contribution >= 4 is 32.7 Å². The quantitative estimate of drug-likeness (QED) is 0.289. The molecule has 0 atom stereocenters. The van der Waals surface area contributed by atoms with Crippen molar-refractivity contribution in [3.05, 3.63) is 127 Å². The van der Waals surface area contributed by atoms with E-state index in [0.29, 0.717) is 11.9 Å². The van der Waals surface area contributed by atoms with Crippen molar-refractivity contribution in [2.24, 2.45) is 0 Å². The zero-order chi connectivity index (χ0) is 22.0. The molecule has 1 aromatic heterocycles. The number of benzene rings is 4. The number of aromatic nitrogens is 1. The molecular formula is C27H21NO2S2. The molecule has 3 nitrogen and oxygen atoms in total. The number of para-hydroxylation sites is 1. The molecule has 5 heteroatoms. The zero-order valence-electron chi connectivity index (χ0n) is 17.3. The smallest absolute Gasteiger partial charge is 0.236 e. The maximum atomic E-state index is 13.9. The summed E-state index contributed by atoms with van der Waals surface area (Å²) >= 11 is 1.61. The SMILES string of the molecule is O=S(=O)(c1ccccc1)n1c(Cc2ccccc2)c(Sc2ccccc2)c2ccccc21. The van der Waals surface area contributed by atoms with Gasteiger partial charge in [-0.3, -0.25) is 0 Å². The molecule has 0 amide bonds. The Bertz CT molecular complexity index is 1460. The van der Waals surface area contributed by atoms with Crippen LogP contribution in [0.2, 0.25) is 0 Å². The van der Waals surface area contributed by atoms with Crippen LogP contribution in [0.5, 0.6) is 0 Å². The first-order valence-corrected chi connectivity index (χ1v) is 12.6. The van der Waals surface area contributed by atoms with Crippen LogP contribution in [0.15, 0.2) is 130 Å². The lowest BCUT2D eigenvalue weighted by Crippen LogP contribution is -2.16. The van der Waals surface area contributed by atoms with E-state index in [0.717, 1.165) is 26.4 Å². The van der Waals surface area contributed by atoms with Gasteiger partial charge >= 0.3 is 0 Å². The van der Waals surface area contributed by atoms with Crippen LogP contribution in [0.25, 0.3) is 10.9 Å². The topological polar surface area (TPSA) is 39.1 Å². The molecule has 0 aliphatic carbocycles. The largest absolute Gasteiger partial charge is 0.268 e. The Balaban J connectivity index is 1.80. The molecular weight excluding hydrogens is 434 g/mol. The predicted octanol–water partition coefficient (Wildman–Crippen LogP) is 6.62. The average Bonchev–Trinajstić information content (AvgIpc) is 3.14. The van der Waals surface area contributed by atoms with E-state index < -0.39 is 10.0 Å². The van der Waals surface area contributed by atoms with Crippen LogP contribution >= 0.6 is 11.8 Å². The first-order chi connectivity index (χ1) is 15.6. The highest BCUT2D eigenvalue weighted by Crippen LogP contribution is 2.41. The predicted molar refractivity (Wildman–Crippen MR) is 131 cm³/mol. The van der Waals surface area contributed by atoms with E-state index in [1.807, 2.05) is 78.9 Å². The summed E-state index contributed by atoms with van der Waals surface area (Å²) in [4.78, 5) is 2.32. The fourth-order valence-electron chi connectivity index (χ4n) is 3.87. The summed E-state index contributed by atoms with van der Waals surface area (Å²) in [5.74, 6) is 0. The Kier molecular flexibility index (Phi) is 5.60. The third-order valence-electron chi connectivity index (χ3n) is 5.33. The molecule has 5 rings (SSSR count). The highest BCUT2D eigenvalue weighted by molar-refractivity contribution is 7.99. The minimum atomic E-state index is -3.78. The van der Waals surface area contributed by atoms with E-state index in [1.165, 1.54) is 3.97 Å². The van der Waals surface area contributed by atoms with Gasteiger partial charge in [0.15, 0.2) is 0 Å². The van der Waals surface area contributed by atoms with E-state index >= 15 is 0 Å². The third kappa shape index (κ3) is 3.85. The van der Waals surface area contributed by atoms with Crippen LogP contribution in [0.4, 0.5) is 0 Å². The number of fused-ring (bicyclic) bond motifs is 1. The molecule has 0 spiro atoms. The highest BCUT2D eigenvalue weighted by atomic mass is 32.2. The highest BCUT2D eigenvalue weighted by Gasteiger charge is 2.27. The van der Waals surface area contributed by atoms with Crippen LogP contribution in [0, 0.1) is 0 Å². The third-order valence-corrected chi connectivity index (χ3v) is 8.27. The fraction of sp³-hybridized carbons (Fsp3) is 0.0370. The maximum Gasteiger partial charge on any atom is 0.268 e. The van der Waals surface area contributed by atoms with Gasteiger partial charge in [-0.2, -0.15) is 0 Å². The Morgan fingerprint density at radius 1 is 0.656 bits per heavy atom. The second-order valence-corrected chi connectivity index (χ2v) is 10.3. The minimum absolute atomic E-state index is 0.284. The lowest BCUT2D eigenvalue weighted by Gasteiger charge is -2.13. The van der Waals surface area contributed by atoms with Gasteiger partial charge in [0.05, 0.1) is 16.1 Å². The Morgan fingerprint density at radius 2 is 1.22 bits per heavy atom. The average molecular weight is 456 g/mol. The summed E-state index contributed by atoms with van der Waals surface area (Å²) in [7, 11) is -3.78. The first kappa shape index (κ1) is 20.6. The maximum absolute atomic E-state index is 13.9. The Hall–Kier alpha value is -3.28. The summed E-state index contributed by atoms with van der Waals surface area (Å²) in [5.41, 5.74) is 2.53. The van der Waals surface area contributed by atoms with E-state index in [9.17, 15) is 8.42 Å². The van der Waals surface area contributed by atoms with Crippen LogP contribution in [-0.4, -0.2) is 12.4 Å². The summed E-state index contributed by atoms with van der Waals surface area (Å²) in [6.45, 7) is 0. The number of rotatable bonds is 6. The van der Waals surface area contributed by atoms with Crippen molar-refractivity contribution in [1.29, 1.82) is 0 Å². The van der Waals surface area contributed by atoms with Crippen LogP contribution in [-0.2, 0) is 16.4 Å². The van der Waals surface area contributed by atoms with Gasteiger partial charge in [-0.05, 0) is 35.9 Å². The molecule has 0 N–H and O–H groups in total. The molecule has 0 saturated heterocycles.